The van der Waals surface area contributed by atoms with E-state index in [4.69, 9.17) is 0 Å². The minimum Gasteiger partial charge on any atom is -0.357 e. The Morgan fingerprint density at radius 2 is 2.33 bits per heavy atom. The molecule has 1 unspecified atom stereocenters. The van der Waals surface area contributed by atoms with Crippen LogP contribution in [-0.2, 0) is 0 Å². The smallest absolute Gasteiger partial charge is 0.0956 e. The lowest BCUT2D eigenvalue weighted by Gasteiger charge is -2.28. The maximum atomic E-state index is 4.17. The van der Waals surface area contributed by atoms with Gasteiger partial charge in [-0.25, -0.2) is 0 Å². The first kappa shape index (κ1) is 9.30. The Hall–Kier alpha value is -0.790. The maximum absolute atomic E-state index is 4.17. The number of hydrogen-bond acceptors (Lipinski definition) is 1. The van der Waals surface area contributed by atoms with E-state index in [0.29, 0.717) is 6.04 Å². The van der Waals surface area contributed by atoms with E-state index in [-0.39, 0.29) is 0 Å². The molecule has 1 atom stereocenters. The van der Waals surface area contributed by atoms with Crippen molar-refractivity contribution in [2.75, 3.05) is 14.1 Å². The lowest BCUT2D eigenvalue weighted by atomic mass is 10.0. The van der Waals surface area contributed by atoms with E-state index < -0.39 is 0 Å². The molecular formula is C10H18N2. The molecular weight excluding hydrogens is 148 g/mol. The maximum Gasteiger partial charge on any atom is 0.0956 e. The molecule has 0 aromatic carbocycles. The first-order chi connectivity index (χ1) is 5.75. The summed E-state index contributed by atoms with van der Waals surface area (Å²) in [5.41, 5.74) is 0. The minimum atomic E-state index is 0.572. The molecule has 0 heterocycles. The molecule has 0 fully saturated rings. The summed E-state index contributed by atoms with van der Waals surface area (Å²) in [6.45, 7) is 2.06. The first-order valence-corrected chi connectivity index (χ1v) is 4.58. The molecule has 0 aliphatic heterocycles. The van der Waals surface area contributed by atoms with Gasteiger partial charge in [-0.1, -0.05) is 12.2 Å². The van der Waals surface area contributed by atoms with Crippen molar-refractivity contribution in [1.82, 2.24) is 4.90 Å². The molecule has 2 heteroatoms. The molecule has 1 aliphatic carbocycles. The molecule has 0 aromatic rings. The minimum absolute atomic E-state index is 0.572. The van der Waals surface area contributed by atoms with Crippen LogP contribution in [0, 0.1) is 0 Å². The van der Waals surface area contributed by atoms with Crippen molar-refractivity contribution in [2.24, 2.45) is 4.99 Å². The zero-order valence-electron chi connectivity index (χ0n) is 8.25. The Morgan fingerprint density at radius 3 is 2.83 bits per heavy atom. The van der Waals surface area contributed by atoms with Gasteiger partial charge < -0.3 is 4.90 Å². The normalized spacial score (nSPS) is 24.2. The van der Waals surface area contributed by atoms with Crippen LogP contribution in [0.4, 0.5) is 0 Å². The largest absolute Gasteiger partial charge is 0.357 e. The molecule has 2 nitrogen and oxygen atoms in total. The Morgan fingerprint density at radius 1 is 1.58 bits per heavy atom. The molecule has 0 saturated carbocycles. The fraction of sp³-hybridized carbons (Fsp3) is 0.700. The number of allylic oxidation sites excluding steroid dienone is 1. The molecule has 0 saturated heterocycles. The van der Waals surface area contributed by atoms with Crippen LogP contribution < -0.4 is 0 Å². The van der Waals surface area contributed by atoms with Gasteiger partial charge in [0.05, 0.1) is 5.84 Å². The van der Waals surface area contributed by atoms with Crippen molar-refractivity contribution < 1.29 is 0 Å². The highest BCUT2D eigenvalue weighted by Gasteiger charge is 2.13. The van der Waals surface area contributed by atoms with E-state index in [1.807, 2.05) is 7.05 Å². The average molecular weight is 166 g/mol. The number of rotatable bonds is 1. The third-order valence-electron chi connectivity index (χ3n) is 2.56. The van der Waals surface area contributed by atoms with Gasteiger partial charge in [-0.05, 0) is 26.2 Å². The summed E-state index contributed by atoms with van der Waals surface area (Å²) >= 11 is 0. The van der Waals surface area contributed by atoms with Crippen molar-refractivity contribution in [2.45, 2.75) is 32.2 Å². The van der Waals surface area contributed by atoms with E-state index in [1.165, 1.54) is 19.3 Å². The average Bonchev–Trinajstić information content (AvgIpc) is 2.17. The molecule has 0 N–H and O–H groups in total. The number of amidine groups is 1. The Balaban J connectivity index is 2.56. The number of nitrogens with zero attached hydrogens (tertiary/aromatic N) is 2. The van der Waals surface area contributed by atoms with Gasteiger partial charge in [-0.3, -0.25) is 4.99 Å². The van der Waals surface area contributed by atoms with Crippen LogP contribution in [0.5, 0.6) is 0 Å². The van der Waals surface area contributed by atoms with E-state index >= 15 is 0 Å². The predicted molar refractivity (Wildman–Crippen MR) is 53.6 cm³/mol. The van der Waals surface area contributed by atoms with E-state index in [2.05, 4.69) is 36.0 Å². The van der Waals surface area contributed by atoms with Crippen LogP contribution in [0.2, 0.25) is 0 Å². The topological polar surface area (TPSA) is 15.6 Å². The number of hydrogen-bond donors (Lipinski definition) is 0. The van der Waals surface area contributed by atoms with Gasteiger partial charge in [0.2, 0.25) is 0 Å². The predicted octanol–water partition coefficient (Wildman–Crippen LogP) is 2.08. The zero-order valence-corrected chi connectivity index (χ0v) is 8.25. The fourth-order valence-corrected chi connectivity index (χ4v) is 1.51. The molecule has 12 heavy (non-hydrogen) atoms. The van der Waals surface area contributed by atoms with Crippen molar-refractivity contribution in [3.63, 3.8) is 0 Å². The van der Waals surface area contributed by atoms with Crippen molar-refractivity contribution >= 4 is 5.84 Å². The summed E-state index contributed by atoms with van der Waals surface area (Å²) in [6, 6.07) is 0.572. The molecule has 0 spiro atoms. The van der Waals surface area contributed by atoms with Crippen molar-refractivity contribution in [1.29, 1.82) is 0 Å². The van der Waals surface area contributed by atoms with Gasteiger partial charge in [0.25, 0.3) is 0 Å². The van der Waals surface area contributed by atoms with E-state index in [9.17, 15) is 0 Å². The fourth-order valence-electron chi connectivity index (χ4n) is 1.51. The van der Waals surface area contributed by atoms with Crippen LogP contribution in [0.1, 0.15) is 26.2 Å². The van der Waals surface area contributed by atoms with Gasteiger partial charge in [0, 0.05) is 20.1 Å². The molecule has 1 rings (SSSR count). The molecule has 0 aromatic heterocycles. The monoisotopic (exact) mass is 166 g/mol. The molecule has 0 radical (unpaired) electrons. The lowest BCUT2D eigenvalue weighted by molar-refractivity contribution is 0.384. The molecule has 0 bridgehead atoms. The quantitative estimate of drug-likeness (QED) is 0.331. The number of aliphatic imine (C=N–C) groups is 1. The standard InChI is InChI=1S/C10H18N2/c1-9(11-2)12(3)10-7-5-4-6-8-10/h5,7,10H,4,6,8H2,1-3H3. The second-order valence-corrected chi connectivity index (χ2v) is 3.31. The van der Waals surface area contributed by atoms with Crippen LogP contribution >= 0.6 is 0 Å². The second-order valence-electron chi connectivity index (χ2n) is 3.31. The van der Waals surface area contributed by atoms with Crippen LogP contribution in [0.25, 0.3) is 0 Å². The van der Waals surface area contributed by atoms with Crippen LogP contribution in [0.3, 0.4) is 0 Å². The third kappa shape index (κ3) is 2.10. The Labute approximate surface area is 75.0 Å². The lowest BCUT2D eigenvalue weighted by Crippen LogP contribution is -2.34. The van der Waals surface area contributed by atoms with Gasteiger partial charge in [0.15, 0.2) is 0 Å². The summed E-state index contributed by atoms with van der Waals surface area (Å²) in [5, 5.41) is 0. The summed E-state index contributed by atoms with van der Waals surface area (Å²) in [5.74, 6) is 1.12. The first-order valence-electron chi connectivity index (χ1n) is 4.58. The molecule has 0 amide bonds. The summed E-state index contributed by atoms with van der Waals surface area (Å²) in [7, 11) is 3.96. The zero-order chi connectivity index (χ0) is 8.97. The Bertz CT molecular complexity index is 194. The second kappa shape index (κ2) is 4.29. The summed E-state index contributed by atoms with van der Waals surface area (Å²) in [4.78, 5) is 6.42. The van der Waals surface area contributed by atoms with E-state index in [0.717, 1.165) is 5.84 Å². The highest BCUT2D eigenvalue weighted by molar-refractivity contribution is 5.79. The van der Waals surface area contributed by atoms with Crippen LogP contribution in [0.15, 0.2) is 17.1 Å². The van der Waals surface area contributed by atoms with Crippen LogP contribution in [-0.4, -0.2) is 30.9 Å². The van der Waals surface area contributed by atoms with E-state index in [1.54, 1.807) is 0 Å². The summed E-state index contributed by atoms with van der Waals surface area (Å²) in [6.07, 6.45) is 8.38. The van der Waals surface area contributed by atoms with Gasteiger partial charge in [-0.15, -0.1) is 0 Å². The summed E-state index contributed by atoms with van der Waals surface area (Å²) < 4.78 is 0. The Kier molecular flexibility index (Phi) is 3.32. The highest BCUT2D eigenvalue weighted by atomic mass is 15.2. The molecule has 68 valence electrons. The number of likely N-dealkylation sites (N-methyl/N-ethyl adjacent to an activating group) is 1. The van der Waals surface area contributed by atoms with Gasteiger partial charge in [0.1, 0.15) is 0 Å². The highest BCUT2D eigenvalue weighted by Crippen LogP contribution is 2.15. The van der Waals surface area contributed by atoms with Gasteiger partial charge >= 0.3 is 0 Å². The molecule has 1 aliphatic rings. The van der Waals surface area contributed by atoms with Gasteiger partial charge in [-0.2, -0.15) is 0 Å². The SMILES string of the molecule is CN=C(C)N(C)C1C=CCCC1. The third-order valence-corrected chi connectivity index (χ3v) is 2.56. The van der Waals surface area contributed by atoms with Crippen molar-refractivity contribution in [3.05, 3.63) is 12.2 Å². The van der Waals surface area contributed by atoms with Crippen molar-refractivity contribution in [3.8, 4) is 0 Å².